The van der Waals surface area contributed by atoms with Crippen molar-refractivity contribution in [3.05, 3.63) is 48.4 Å². The van der Waals surface area contributed by atoms with Crippen molar-refractivity contribution >= 4 is 11.7 Å². The highest BCUT2D eigenvalue weighted by molar-refractivity contribution is 5.94. The molecule has 1 amide bonds. The first-order valence-electron chi connectivity index (χ1n) is 7.81. The molecule has 23 heavy (non-hydrogen) atoms. The molecule has 2 aromatic rings. The highest BCUT2D eigenvalue weighted by Crippen LogP contribution is 2.16. The van der Waals surface area contributed by atoms with Crippen molar-refractivity contribution < 1.29 is 9.53 Å². The fourth-order valence-electron chi connectivity index (χ4n) is 2.64. The largest absolute Gasteiger partial charge is 0.494 e. The average molecular weight is 312 g/mol. The molecule has 1 aliphatic rings. The number of hydrogen-bond donors (Lipinski definition) is 0. The number of rotatable bonds is 4. The van der Waals surface area contributed by atoms with E-state index >= 15 is 0 Å². The van der Waals surface area contributed by atoms with Crippen molar-refractivity contribution in [3.63, 3.8) is 0 Å². The molecule has 0 aliphatic carbocycles. The second-order valence-electron chi connectivity index (χ2n) is 5.30. The Morgan fingerprint density at radius 1 is 1.13 bits per heavy atom. The van der Waals surface area contributed by atoms with Crippen LogP contribution in [0.1, 0.15) is 17.3 Å². The molecule has 0 unspecified atom stereocenters. The fourth-order valence-corrected chi connectivity index (χ4v) is 2.64. The number of amides is 1. The molecule has 2 heterocycles. The summed E-state index contributed by atoms with van der Waals surface area (Å²) in [5.74, 6) is 1.71. The van der Waals surface area contributed by atoms with E-state index in [-0.39, 0.29) is 5.91 Å². The molecule has 0 spiro atoms. The van der Waals surface area contributed by atoms with E-state index in [2.05, 4.69) is 14.9 Å². The molecule has 0 N–H and O–H groups in total. The maximum Gasteiger partial charge on any atom is 0.253 e. The number of carbonyl (C=O) groups is 1. The number of benzene rings is 1. The Hall–Kier alpha value is -2.63. The molecule has 3 rings (SSSR count). The lowest BCUT2D eigenvalue weighted by Gasteiger charge is -2.35. The fraction of sp³-hybridized carbons (Fsp3) is 0.353. The van der Waals surface area contributed by atoms with E-state index in [1.807, 2.05) is 36.1 Å². The zero-order valence-corrected chi connectivity index (χ0v) is 13.2. The van der Waals surface area contributed by atoms with Crippen molar-refractivity contribution in [1.82, 2.24) is 14.9 Å². The Kier molecular flexibility index (Phi) is 4.71. The molecular weight excluding hydrogens is 292 g/mol. The molecule has 1 aromatic heterocycles. The van der Waals surface area contributed by atoms with E-state index in [0.717, 1.165) is 24.7 Å². The molecule has 0 radical (unpaired) electrons. The van der Waals surface area contributed by atoms with Gasteiger partial charge in [-0.3, -0.25) is 9.78 Å². The van der Waals surface area contributed by atoms with Gasteiger partial charge in [-0.25, -0.2) is 4.98 Å². The van der Waals surface area contributed by atoms with Gasteiger partial charge in [0.2, 0.25) is 0 Å². The van der Waals surface area contributed by atoms with Crippen molar-refractivity contribution in [3.8, 4) is 5.75 Å². The predicted molar refractivity (Wildman–Crippen MR) is 87.8 cm³/mol. The highest BCUT2D eigenvalue weighted by atomic mass is 16.5. The minimum absolute atomic E-state index is 0.0619. The summed E-state index contributed by atoms with van der Waals surface area (Å²) in [6.07, 6.45) is 5.10. The monoisotopic (exact) mass is 312 g/mol. The zero-order valence-electron chi connectivity index (χ0n) is 13.2. The maximum absolute atomic E-state index is 12.6. The first-order chi connectivity index (χ1) is 11.3. The number of nitrogens with zero attached hydrogens (tertiary/aromatic N) is 4. The van der Waals surface area contributed by atoms with Crippen LogP contribution in [0.3, 0.4) is 0 Å². The predicted octanol–water partition coefficient (Wildman–Crippen LogP) is 1.84. The van der Waals surface area contributed by atoms with E-state index in [4.69, 9.17) is 4.74 Å². The Morgan fingerprint density at radius 2 is 1.87 bits per heavy atom. The number of anilines is 1. The van der Waals surface area contributed by atoms with Gasteiger partial charge in [-0.1, -0.05) is 0 Å². The molecule has 0 bridgehead atoms. The Morgan fingerprint density at radius 3 is 2.48 bits per heavy atom. The molecule has 6 heteroatoms. The molecule has 1 aromatic carbocycles. The number of piperazine rings is 1. The molecule has 120 valence electrons. The van der Waals surface area contributed by atoms with E-state index in [1.165, 1.54) is 0 Å². The van der Waals surface area contributed by atoms with Crippen molar-refractivity contribution in [2.45, 2.75) is 6.92 Å². The van der Waals surface area contributed by atoms with Gasteiger partial charge in [0, 0.05) is 44.1 Å². The quantitative estimate of drug-likeness (QED) is 0.862. The molecule has 1 aliphatic heterocycles. The summed E-state index contributed by atoms with van der Waals surface area (Å²) in [6.45, 7) is 5.46. The SMILES string of the molecule is CCOc1ccc(C(=O)N2CCN(c3cnccn3)CC2)cc1. The van der Waals surface area contributed by atoms with Gasteiger partial charge < -0.3 is 14.5 Å². The lowest BCUT2D eigenvalue weighted by atomic mass is 10.1. The summed E-state index contributed by atoms with van der Waals surface area (Å²) >= 11 is 0. The molecule has 6 nitrogen and oxygen atoms in total. The topological polar surface area (TPSA) is 58.6 Å². The van der Waals surface area contributed by atoms with Crippen LogP contribution in [0, 0.1) is 0 Å². The minimum atomic E-state index is 0.0619. The molecule has 1 fully saturated rings. The molecule has 0 atom stereocenters. The van der Waals surface area contributed by atoms with Crippen molar-refractivity contribution in [2.24, 2.45) is 0 Å². The molecule has 1 saturated heterocycles. The number of ether oxygens (including phenoxy) is 1. The third kappa shape index (κ3) is 3.59. The second-order valence-corrected chi connectivity index (χ2v) is 5.30. The number of aromatic nitrogens is 2. The summed E-state index contributed by atoms with van der Waals surface area (Å²) in [5, 5.41) is 0. The Labute approximate surface area is 135 Å². The highest BCUT2D eigenvalue weighted by Gasteiger charge is 2.22. The van der Waals surface area contributed by atoms with Gasteiger partial charge in [-0.2, -0.15) is 0 Å². The van der Waals surface area contributed by atoms with Gasteiger partial charge in [0.05, 0.1) is 12.8 Å². The minimum Gasteiger partial charge on any atom is -0.494 e. The van der Waals surface area contributed by atoms with Crippen LogP contribution in [0.4, 0.5) is 5.82 Å². The van der Waals surface area contributed by atoms with Gasteiger partial charge in [0.1, 0.15) is 11.6 Å². The van der Waals surface area contributed by atoms with E-state index in [1.54, 1.807) is 18.6 Å². The van der Waals surface area contributed by atoms with Crippen LogP contribution in [-0.2, 0) is 0 Å². The van der Waals surface area contributed by atoms with Gasteiger partial charge in [0.15, 0.2) is 0 Å². The summed E-state index contributed by atoms with van der Waals surface area (Å²) in [5.41, 5.74) is 0.696. The first-order valence-corrected chi connectivity index (χ1v) is 7.81. The van der Waals surface area contributed by atoms with Crippen LogP contribution < -0.4 is 9.64 Å². The normalized spacial score (nSPS) is 14.7. The molecular formula is C17H20N4O2. The summed E-state index contributed by atoms with van der Waals surface area (Å²) < 4.78 is 5.40. The van der Waals surface area contributed by atoms with E-state index in [0.29, 0.717) is 25.3 Å². The third-order valence-corrected chi connectivity index (χ3v) is 3.85. The lowest BCUT2D eigenvalue weighted by Crippen LogP contribution is -2.49. The first kappa shape index (κ1) is 15.3. The van der Waals surface area contributed by atoms with Gasteiger partial charge in [-0.05, 0) is 31.2 Å². The van der Waals surface area contributed by atoms with Crippen molar-refractivity contribution in [2.75, 3.05) is 37.7 Å². The number of carbonyl (C=O) groups excluding carboxylic acids is 1. The Bertz CT molecular complexity index is 637. The lowest BCUT2D eigenvalue weighted by molar-refractivity contribution is 0.0746. The van der Waals surface area contributed by atoms with E-state index < -0.39 is 0 Å². The van der Waals surface area contributed by atoms with Gasteiger partial charge in [-0.15, -0.1) is 0 Å². The van der Waals surface area contributed by atoms with Crippen LogP contribution in [0.25, 0.3) is 0 Å². The summed E-state index contributed by atoms with van der Waals surface area (Å²) in [6, 6.07) is 7.32. The van der Waals surface area contributed by atoms with Crippen LogP contribution in [0.5, 0.6) is 5.75 Å². The molecule has 0 saturated carbocycles. The average Bonchev–Trinajstić information content (AvgIpc) is 2.63. The van der Waals surface area contributed by atoms with Gasteiger partial charge in [0.25, 0.3) is 5.91 Å². The zero-order chi connectivity index (χ0) is 16.1. The summed E-state index contributed by atoms with van der Waals surface area (Å²) in [7, 11) is 0. The van der Waals surface area contributed by atoms with Crippen LogP contribution in [-0.4, -0.2) is 53.6 Å². The van der Waals surface area contributed by atoms with Gasteiger partial charge >= 0.3 is 0 Å². The smallest absolute Gasteiger partial charge is 0.253 e. The third-order valence-electron chi connectivity index (χ3n) is 3.85. The second kappa shape index (κ2) is 7.09. The van der Waals surface area contributed by atoms with Crippen LogP contribution >= 0.6 is 0 Å². The summed E-state index contributed by atoms with van der Waals surface area (Å²) in [4.78, 5) is 25.0. The Balaban J connectivity index is 1.59. The van der Waals surface area contributed by atoms with Crippen molar-refractivity contribution in [1.29, 1.82) is 0 Å². The standard InChI is InChI=1S/C17H20N4O2/c1-2-23-15-5-3-14(4-6-15)17(22)21-11-9-20(10-12-21)16-13-18-7-8-19-16/h3-8,13H,2,9-12H2,1H3. The maximum atomic E-state index is 12.6. The number of hydrogen-bond acceptors (Lipinski definition) is 5. The van der Waals surface area contributed by atoms with Crippen LogP contribution in [0.15, 0.2) is 42.9 Å². The van der Waals surface area contributed by atoms with Crippen LogP contribution in [0.2, 0.25) is 0 Å². The van der Waals surface area contributed by atoms with E-state index in [9.17, 15) is 4.79 Å².